The molecule has 0 amide bonds. The highest BCUT2D eigenvalue weighted by atomic mass is 16.5. The van der Waals surface area contributed by atoms with E-state index in [0.29, 0.717) is 5.92 Å². The average Bonchev–Trinajstić information content (AvgIpc) is 2.52. The summed E-state index contributed by atoms with van der Waals surface area (Å²) in [5, 5.41) is 0. The Labute approximate surface area is 127 Å². The zero-order valence-corrected chi connectivity index (χ0v) is 13.3. The van der Waals surface area contributed by atoms with Crippen LogP contribution in [0.2, 0.25) is 0 Å². The smallest absolute Gasteiger partial charge is 0.307 e. The molecule has 0 radical (unpaired) electrons. The molecule has 3 nitrogen and oxygen atoms in total. The molecule has 0 N–H and O–H groups in total. The number of carbonyl (C=O) groups is 1. The van der Waals surface area contributed by atoms with E-state index in [1.807, 2.05) is 24.3 Å². The number of ether oxygens (including phenoxy) is 2. The zero-order valence-electron chi connectivity index (χ0n) is 13.3. The number of esters is 1. The van der Waals surface area contributed by atoms with Crippen LogP contribution in [0.3, 0.4) is 0 Å². The third-order valence-electron chi connectivity index (χ3n) is 3.43. The van der Waals surface area contributed by atoms with E-state index in [9.17, 15) is 4.79 Å². The van der Waals surface area contributed by atoms with Gasteiger partial charge in [0.05, 0.1) is 26.1 Å². The van der Waals surface area contributed by atoms with Crippen molar-refractivity contribution in [2.75, 3.05) is 13.7 Å². The van der Waals surface area contributed by atoms with Gasteiger partial charge in [0, 0.05) is 0 Å². The van der Waals surface area contributed by atoms with Crippen molar-refractivity contribution in [1.82, 2.24) is 0 Å². The topological polar surface area (TPSA) is 35.5 Å². The molecule has 0 fully saturated rings. The van der Waals surface area contributed by atoms with Crippen molar-refractivity contribution in [1.29, 1.82) is 0 Å². The Morgan fingerprint density at radius 3 is 2.48 bits per heavy atom. The molecule has 2 atom stereocenters. The third-order valence-corrected chi connectivity index (χ3v) is 3.43. The quantitative estimate of drug-likeness (QED) is 0.566. The van der Waals surface area contributed by atoms with Gasteiger partial charge in [-0.15, -0.1) is 5.92 Å². The molecule has 114 valence electrons. The van der Waals surface area contributed by atoms with E-state index < -0.39 is 0 Å². The first kappa shape index (κ1) is 17.1. The number of hydrogen-bond donors (Lipinski definition) is 0. The summed E-state index contributed by atoms with van der Waals surface area (Å²) in [7, 11) is 1.39. The highest BCUT2D eigenvalue weighted by Crippen LogP contribution is 2.23. The molecule has 0 spiro atoms. The predicted molar refractivity (Wildman–Crippen MR) is 84.2 cm³/mol. The van der Waals surface area contributed by atoms with Crippen LogP contribution in [0.15, 0.2) is 24.3 Å². The van der Waals surface area contributed by atoms with Crippen LogP contribution in [0, 0.1) is 17.8 Å². The van der Waals surface area contributed by atoms with Crippen molar-refractivity contribution in [2.45, 2.75) is 39.5 Å². The number of methoxy groups -OCH3 is 1. The number of rotatable bonds is 7. The lowest BCUT2D eigenvalue weighted by Crippen LogP contribution is -2.08. The van der Waals surface area contributed by atoms with Crippen LogP contribution in [0.5, 0.6) is 5.75 Å². The molecule has 1 rings (SSSR count). The molecule has 0 aromatic heterocycles. The molecule has 1 aromatic carbocycles. The lowest BCUT2D eigenvalue weighted by molar-refractivity contribution is -0.140. The maximum absolute atomic E-state index is 11.4. The van der Waals surface area contributed by atoms with Crippen molar-refractivity contribution in [3.63, 3.8) is 0 Å². The fraction of sp³-hybridized carbons (Fsp3) is 0.500. The molecule has 0 aliphatic carbocycles. The Bertz CT molecular complexity index is 493. The van der Waals surface area contributed by atoms with Gasteiger partial charge in [-0.25, -0.2) is 0 Å². The lowest BCUT2D eigenvalue weighted by atomic mass is 9.96. The molecular weight excluding hydrogens is 264 g/mol. The van der Waals surface area contributed by atoms with E-state index in [1.165, 1.54) is 7.11 Å². The minimum absolute atomic E-state index is 0.133. The molecule has 0 bridgehead atoms. The van der Waals surface area contributed by atoms with Gasteiger partial charge in [0.1, 0.15) is 5.75 Å². The lowest BCUT2D eigenvalue weighted by Gasteiger charge is -2.13. The van der Waals surface area contributed by atoms with Gasteiger partial charge < -0.3 is 9.47 Å². The monoisotopic (exact) mass is 288 g/mol. The van der Waals surface area contributed by atoms with E-state index in [0.717, 1.165) is 24.3 Å². The van der Waals surface area contributed by atoms with Gasteiger partial charge in [-0.3, -0.25) is 4.79 Å². The molecule has 3 heteroatoms. The van der Waals surface area contributed by atoms with Crippen LogP contribution in [0.1, 0.15) is 45.1 Å². The predicted octanol–water partition coefficient (Wildman–Crippen LogP) is 3.78. The fourth-order valence-electron chi connectivity index (χ4n) is 1.83. The minimum atomic E-state index is -0.250. The summed E-state index contributed by atoms with van der Waals surface area (Å²) in [5.74, 6) is 6.93. The second-order valence-corrected chi connectivity index (χ2v) is 5.12. The molecule has 0 aliphatic rings. The highest BCUT2D eigenvalue weighted by molar-refractivity contribution is 5.71. The van der Waals surface area contributed by atoms with Gasteiger partial charge in [-0.2, -0.15) is 0 Å². The van der Waals surface area contributed by atoms with Crippen LogP contribution in [0.4, 0.5) is 0 Å². The standard InChI is InChI=1S/C18H24O3/c1-5-7-16(12-18(19)20-4)15-8-10-17(11-9-15)21-13-14(3)6-2/h8-11,14,16H,6,12-13H2,1-4H3/t14?,16-/m0/s1. The Morgan fingerprint density at radius 2 is 1.95 bits per heavy atom. The summed E-state index contributed by atoms with van der Waals surface area (Å²) in [6.07, 6.45) is 1.37. The highest BCUT2D eigenvalue weighted by Gasteiger charge is 2.14. The van der Waals surface area contributed by atoms with E-state index in [-0.39, 0.29) is 18.3 Å². The molecule has 1 aromatic rings. The van der Waals surface area contributed by atoms with Crippen LogP contribution in [-0.4, -0.2) is 19.7 Å². The molecule has 0 saturated heterocycles. The number of carbonyl (C=O) groups excluding carboxylic acids is 1. The van der Waals surface area contributed by atoms with Crippen molar-refractivity contribution >= 4 is 5.97 Å². The van der Waals surface area contributed by atoms with Crippen LogP contribution in [0.25, 0.3) is 0 Å². The van der Waals surface area contributed by atoms with E-state index in [2.05, 4.69) is 25.7 Å². The summed E-state index contributed by atoms with van der Waals surface area (Å²) in [6.45, 7) is 6.81. The van der Waals surface area contributed by atoms with Crippen molar-refractivity contribution in [2.24, 2.45) is 5.92 Å². The molecular formula is C18H24O3. The second kappa shape index (κ2) is 9.07. The SMILES string of the molecule is CC#C[C@@H](CC(=O)OC)c1ccc(OCC(C)CC)cc1. The summed E-state index contributed by atoms with van der Waals surface area (Å²) < 4.78 is 10.4. The fourth-order valence-corrected chi connectivity index (χ4v) is 1.83. The summed E-state index contributed by atoms with van der Waals surface area (Å²) in [5.41, 5.74) is 1.01. The van der Waals surface area contributed by atoms with Gasteiger partial charge in [0.25, 0.3) is 0 Å². The summed E-state index contributed by atoms with van der Waals surface area (Å²) >= 11 is 0. The van der Waals surface area contributed by atoms with Gasteiger partial charge in [0.2, 0.25) is 0 Å². The third kappa shape index (κ3) is 5.91. The molecule has 0 heterocycles. The van der Waals surface area contributed by atoms with E-state index in [4.69, 9.17) is 9.47 Å². The first-order valence-electron chi connectivity index (χ1n) is 7.32. The molecule has 21 heavy (non-hydrogen) atoms. The van der Waals surface area contributed by atoms with Crippen molar-refractivity contribution in [3.05, 3.63) is 29.8 Å². The van der Waals surface area contributed by atoms with Crippen molar-refractivity contribution in [3.8, 4) is 17.6 Å². The number of hydrogen-bond acceptors (Lipinski definition) is 3. The average molecular weight is 288 g/mol. The molecule has 0 saturated carbocycles. The first-order chi connectivity index (χ1) is 10.1. The molecule has 1 unspecified atom stereocenters. The Balaban J connectivity index is 2.72. The summed E-state index contributed by atoms with van der Waals surface area (Å²) in [6, 6.07) is 7.78. The number of benzene rings is 1. The maximum Gasteiger partial charge on any atom is 0.307 e. The van der Waals surface area contributed by atoms with E-state index in [1.54, 1.807) is 6.92 Å². The summed E-state index contributed by atoms with van der Waals surface area (Å²) in [4.78, 5) is 11.4. The van der Waals surface area contributed by atoms with Gasteiger partial charge in [-0.1, -0.05) is 38.3 Å². The maximum atomic E-state index is 11.4. The molecule has 0 aliphatic heterocycles. The largest absolute Gasteiger partial charge is 0.493 e. The zero-order chi connectivity index (χ0) is 15.7. The Hall–Kier alpha value is -1.95. The van der Waals surface area contributed by atoms with Gasteiger partial charge >= 0.3 is 5.97 Å². The minimum Gasteiger partial charge on any atom is -0.493 e. The normalized spacial score (nSPS) is 12.8. The Morgan fingerprint density at radius 1 is 1.29 bits per heavy atom. The van der Waals surface area contributed by atoms with Crippen molar-refractivity contribution < 1.29 is 14.3 Å². The second-order valence-electron chi connectivity index (χ2n) is 5.12. The van der Waals surface area contributed by atoms with Crippen LogP contribution in [-0.2, 0) is 9.53 Å². The van der Waals surface area contributed by atoms with Gasteiger partial charge in [0.15, 0.2) is 0 Å². The van der Waals surface area contributed by atoms with Gasteiger partial charge in [-0.05, 0) is 30.5 Å². The van der Waals surface area contributed by atoms with E-state index >= 15 is 0 Å². The Kier molecular flexibility index (Phi) is 7.39. The van der Waals surface area contributed by atoms with Crippen LogP contribution < -0.4 is 4.74 Å². The van der Waals surface area contributed by atoms with Crippen LogP contribution >= 0.6 is 0 Å². The first-order valence-corrected chi connectivity index (χ1v) is 7.32.